The minimum Gasteiger partial charge on any atom is -0.324 e. The zero-order valence-electron chi connectivity index (χ0n) is 12.8. The van der Waals surface area contributed by atoms with E-state index in [4.69, 9.17) is 5.73 Å². The van der Waals surface area contributed by atoms with E-state index in [1.807, 2.05) is 13.8 Å². The van der Waals surface area contributed by atoms with E-state index in [9.17, 15) is 14.4 Å². The van der Waals surface area contributed by atoms with E-state index in [2.05, 4.69) is 5.32 Å². The highest BCUT2D eigenvalue weighted by Crippen LogP contribution is 2.21. The summed E-state index contributed by atoms with van der Waals surface area (Å²) in [5, 5.41) is 2.78. The first-order valence-electron chi connectivity index (χ1n) is 7.37. The van der Waals surface area contributed by atoms with Crippen LogP contribution >= 0.6 is 0 Å². The van der Waals surface area contributed by atoms with Crippen molar-refractivity contribution in [2.75, 3.05) is 5.32 Å². The second-order valence-electron chi connectivity index (χ2n) is 5.79. The standard InChI is InChI=1S/C16H21N3O3/c1-10(2)15(17)16(22)18-12-6-4-3-5-11(12)9-19-13(20)7-8-14(19)21/h3-6,10,15H,7-9,17H2,1-2H3,(H,18,22)/t15-/m0/s1. The van der Waals surface area contributed by atoms with Gasteiger partial charge in [0.15, 0.2) is 0 Å². The Labute approximate surface area is 129 Å². The molecule has 1 heterocycles. The molecule has 1 fully saturated rings. The van der Waals surface area contributed by atoms with E-state index in [1.54, 1.807) is 24.3 Å². The summed E-state index contributed by atoms with van der Waals surface area (Å²) in [5.41, 5.74) is 7.13. The van der Waals surface area contributed by atoms with Gasteiger partial charge < -0.3 is 11.1 Å². The molecule has 1 atom stereocenters. The van der Waals surface area contributed by atoms with Gasteiger partial charge in [0.2, 0.25) is 17.7 Å². The van der Waals surface area contributed by atoms with Crippen LogP contribution in [-0.4, -0.2) is 28.7 Å². The van der Waals surface area contributed by atoms with Crippen molar-refractivity contribution in [2.24, 2.45) is 11.7 Å². The largest absolute Gasteiger partial charge is 0.324 e. The molecule has 2 rings (SSSR count). The molecule has 0 radical (unpaired) electrons. The van der Waals surface area contributed by atoms with Crippen LogP contribution in [-0.2, 0) is 20.9 Å². The normalized spacial score (nSPS) is 16.3. The van der Waals surface area contributed by atoms with Gasteiger partial charge in [0.1, 0.15) is 0 Å². The Hall–Kier alpha value is -2.21. The number of amides is 3. The highest BCUT2D eigenvalue weighted by atomic mass is 16.2. The lowest BCUT2D eigenvalue weighted by molar-refractivity contribution is -0.139. The van der Waals surface area contributed by atoms with Gasteiger partial charge in [-0.15, -0.1) is 0 Å². The zero-order valence-corrected chi connectivity index (χ0v) is 12.8. The smallest absolute Gasteiger partial charge is 0.241 e. The number of hydrogen-bond acceptors (Lipinski definition) is 4. The molecule has 3 amide bonds. The molecule has 1 aromatic rings. The van der Waals surface area contributed by atoms with Crippen molar-refractivity contribution in [3.05, 3.63) is 29.8 Å². The number of carbonyl (C=O) groups is 3. The molecule has 0 saturated carbocycles. The molecule has 3 N–H and O–H groups in total. The first-order chi connectivity index (χ1) is 10.4. The van der Waals surface area contributed by atoms with E-state index in [0.29, 0.717) is 5.69 Å². The summed E-state index contributed by atoms with van der Waals surface area (Å²) in [4.78, 5) is 36.8. The molecule has 0 spiro atoms. The number of anilines is 1. The van der Waals surface area contributed by atoms with Crippen LogP contribution in [0.2, 0.25) is 0 Å². The molecule has 0 aromatic heterocycles. The summed E-state index contributed by atoms with van der Waals surface area (Å²) in [6.07, 6.45) is 0.511. The summed E-state index contributed by atoms with van der Waals surface area (Å²) in [7, 11) is 0. The first-order valence-corrected chi connectivity index (χ1v) is 7.37. The number of rotatable bonds is 5. The van der Waals surface area contributed by atoms with E-state index in [1.165, 1.54) is 4.90 Å². The SMILES string of the molecule is CC(C)[C@H](N)C(=O)Nc1ccccc1CN1C(=O)CCC1=O. The maximum absolute atomic E-state index is 12.1. The molecule has 1 aliphatic rings. The minimum atomic E-state index is -0.608. The summed E-state index contributed by atoms with van der Waals surface area (Å²) in [5.74, 6) is -0.606. The third-order valence-corrected chi connectivity index (χ3v) is 3.78. The number of benzene rings is 1. The fourth-order valence-corrected chi connectivity index (χ4v) is 2.27. The lowest BCUT2D eigenvalue weighted by atomic mass is 10.0. The Bertz CT molecular complexity index is 582. The van der Waals surface area contributed by atoms with Crippen LogP contribution in [0.5, 0.6) is 0 Å². The number of likely N-dealkylation sites (tertiary alicyclic amines) is 1. The molecule has 1 aliphatic heterocycles. The van der Waals surface area contributed by atoms with Gasteiger partial charge in [-0.2, -0.15) is 0 Å². The van der Waals surface area contributed by atoms with Gasteiger partial charge in [-0.05, 0) is 17.5 Å². The predicted molar refractivity (Wildman–Crippen MR) is 82.7 cm³/mol. The van der Waals surface area contributed by atoms with Gasteiger partial charge in [0.05, 0.1) is 12.6 Å². The van der Waals surface area contributed by atoms with Crippen molar-refractivity contribution in [1.82, 2.24) is 4.90 Å². The maximum atomic E-state index is 12.1. The zero-order chi connectivity index (χ0) is 16.3. The minimum absolute atomic E-state index is 0.0221. The van der Waals surface area contributed by atoms with Gasteiger partial charge in [-0.3, -0.25) is 19.3 Å². The van der Waals surface area contributed by atoms with Crippen LogP contribution in [0.25, 0.3) is 0 Å². The highest BCUT2D eigenvalue weighted by molar-refractivity contribution is 6.02. The average Bonchev–Trinajstić information content (AvgIpc) is 2.80. The maximum Gasteiger partial charge on any atom is 0.241 e. The van der Waals surface area contributed by atoms with Crippen LogP contribution in [0.4, 0.5) is 5.69 Å². The summed E-state index contributed by atoms with van der Waals surface area (Å²) >= 11 is 0. The second-order valence-corrected chi connectivity index (χ2v) is 5.79. The van der Waals surface area contributed by atoms with Crippen LogP contribution < -0.4 is 11.1 Å². The third-order valence-electron chi connectivity index (χ3n) is 3.78. The average molecular weight is 303 g/mol. The molecule has 0 aliphatic carbocycles. The van der Waals surface area contributed by atoms with Crippen molar-refractivity contribution in [3.63, 3.8) is 0 Å². The molecule has 0 unspecified atom stereocenters. The Morgan fingerprint density at radius 1 is 1.23 bits per heavy atom. The molecule has 6 heteroatoms. The highest BCUT2D eigenvalue weighted by Gasteiger charge is 2.29. The predicted octanol–water partition coefficient (Wildman–Crippen LogP) is 1.26. The van der Waals surface area contributed by atoms with Crippen molar-refractivity contribution in [2.45, 2.75) is 39.3 Å². The number of imide groups is 1. The Balaban J connectivity index is 2.15. The number of nitrogens with two attached hydrogens (primary N) is 1. The van der Waals surface area contributed by atoms with Gasteiger partial charge >= 0.3 is 0 Å². The quantitative estimate of drug-likeness (QED) is 0.801. The summed E-state index contributed by atoms with van der Waals surface area (Å²) < 4.78 is 0. The van der Waals surface area contributed by atoms with E-state index in [-0.39, 0.29) is 43.0 Å². The van der Waals surface area contributed by atoms with E-state index in [0.717, 1.165) is 5.56 Å². The second kappa shape index (κ2) is 6.70. The van der Waals surface area contributed by atoms with Gasteiger partial charge in [-0.25, -0.2) is 0 Å². The molecule has 1 aromatic carbocycles. The lowest BCUT2D eigenvalue weighted by Crippen LogP contribution is -2.40. The summed E-state index contributed by atoms with van der Waals surface area (Å²) in [6, 6.07) is 6.51. The fourth-order valence-electron chi connectivity index (χ4n) is 2.27. The lowest BCUT2D eigenvalue weighted by Gasteiger charge is -2.19. The monoisotopic (exact) mass is 303 g/mol. The van der Waals surface area contributed by atoms with E-state index >= 15 is 0 Å². The molecule has 6 nitrogen and oxygen atoms in total. The van der Waals surface area contributed by atoms with Crippen molar-refractivity contribution in [3.8, 4) is 0 Å². The van der Waals surface area contributed by atoms with Gasteiger partial charge in [-0.1, -0.05) is 32.0 Å². The first kappa shape index (κ1) is 16.2. The van der Waals surface area contributed by atoms with Crippen LogP contribution in [0.3, 0.4) is 0 Å². The van der Waals surface area contributed by atoms with E-state index < -0.39 is 6.04 Å². The fraction of sp³-hybridized carbons (Fsp3) is 0.438. The third kappa shape index (κ3) is 3.51. The Kier molecular flexibility index (Phi) is 4.92. The molecular weight excluding hydrogens is 282 g/mol. The van der Waals surface area contributed by atoms with Crippen molar-refractivity contribution >= 4 is 23.4 Å². The number of para-hydroxylation sites is 1. The number of hydrogen-bond donors (Lipinski definition) is 2. The molecule has 22 heavy (non-hydrogen) atoms. The number of carbonyl (C=O) groups excluding carboxylic acids is 3. The van der Waals surface area contributed by atoms with Gasteiger partial charge in [0.25, 0.3) is 0 Å². The van der Waals surface area contributed by atoms with Crippen molar-refractivity contribution < 1.29 is 14.4 Å². The molecule has 118 valence electrons. The molecule has 1 saturated heterocycles. The Morgan fingerprint density at radius 2 is 1.82 bits per heavy atom. The van der Waals surface area contributed by atoms with Crippen LogP contribution in [0, 0.1) is 5.92 Å². The number of nitrogens with one attached hydrogen (secondary N) is 1. The van der Waals surface area contributed by atoms with Crippen LogP contribution in [0.1, 0.15) is 32.3 Å². The van der Waals surface area contributed by atoms with Gasteiger partial charge in [0, 0.05) is 18.5 Å². The summed E-state index contributed by atoms with van der Waals surface area (Å²) in [6.45, 7) is 3.92. The Morgan fingerprint density at radius 3 is 2.41 bits per heavy atom. The van der Waals surface area contributed by atoms with Crippen molar-refractivity contribution in [1.29, 1.82) is 0 Å². The topological polar surface area (TPSA) is 92.5 Å². The van der Waals surface area contributed by atoms with Crippen LogP contribution in [0.15, 0.2) is 24.3 Å². The molecule has 0 bridgehead atoms. The molecular formula is C16H21N3O3. The number of nitrogens with zero attached hydrogens (tertiary/aromatic N) is 1.